The van der Waals surface area contributed by atoms with E-state index in [-0.39, 0.29) is 22.9 Å². The predicted octanol–water partition coefficient (Wildman–Crippen LogP) is 2.45. The second-order valence-electron chi connectivity index (χ2n) is 3.82. The largest absolute Gasteiger partial charge is 0.506 e. The number of hydrogen-bond acceptors (Lipinski definition) is 5. The molecule has 98 valence electrons. The summed E-state index contributed by atoms with van der Waals surface area (Å²) in [6, 6.07) is 6.44. The van der Waals surface area contributed by atoms with Crippen LogP contribution in [-0.4, -0.2) is 15.9 Å². The normalized spacial score (nSPS) is 10.2. The van der Waals surface area contributed by atoms with Crippen LogP contribution in [0.25, 0.3) is 0 Å². The molecule has 2 rings (SSSR count). The van der Waals surface area contributed by atoms with Crippen LogP contribution < -0.4 is 5.32 Å². The number of benzene rings is 1. The van der Waals surface area contributed by atoms with Crippen LogP contribution in [0.4, 0.5) is 11.4 Å². The molecule has 2 N–H and O–H groups in total. The number of carbonyl (C=O) groups excluding carboxylic acids is 1. The van der Waals surface area contributed by atoms with E-state index in [0.29, 0.717) is 5.76 Å². The van der Waals surface area contributed by atoms with Crippen LogP contribution in [0.2, 0.25) is 0 Å². The number of hydrogen-bond donors (Lipinski definition) is 2. The van der Waals surface area contributed by atoms with Crippen LogP contribution in [-0.2, 0) is 0 Å². The van der Waals surface area contributed by atoms with E-state index < -0.39 is 10.8 Å². The van der Waals surface area contributed by atoms with Crippen molar-refractivity contribution < 1.29 is 19.2 Å². The highest BCUT2D eigenvalue weighted by atomic mass is 16.6. The van der Waals surface area contributed by atoms with Gasteiger partial charge in [-0.15, -0.1) is 0 Å². The fourth-order valence-corrected chi connectivity index (χ4v) is 1.48. The van der Waals surface area contributed by atoms with Crippen molar-refractivity contribution in [1.29, 1.82) is 0 Å². The van der Waals surface area contributed by atoms with Crippen molar-refractivity contribution in [2.24, 2.45) is 0 Å². The molecule has 0 aliphatic heterocycles. The number of nitro groups is 1. The van der Waals surface area contributed by atoms with E-state index in [2.05, 4.69) is 5.32 Å². The molecule has 1 heterocycles. The van der Waals surface area contributed by atoms with E-state index in [4.69, 9.17) is 4.42 Å². The lowest BCUT2D eigenvalue weighted by molar-refractivity contribution is -0.384. The molecule has 7 nitrogen and oxygen atoms in total. The Morgan fingerprint density at radius 1 is 1.37 bits per heavy atom. The molecule has 0 aliphatic rings. The Hall–Kier alpha value is -2.83. The van der Waals surface area contributed by atoms with Gasteiger partial charge in [-0.3, -0.25) is 14.9 Å². The quantitative estimate of drug-likeness (QED) is 0.502. The number of aryl methyl sites for hydroxylation is 1. The molecule has 1 aromatic carbocycles. The van der Waals surface area contributed by atoms with Gasteiger partial charge >= 0.3 is 0 Å². The summed E-state index contributed by atoms with van der Waals surface area (Å²) < 4.78 is 5.11. The first-order chi connectivity index (χ1) is 8.97. The molecule has 1 amide bonds. The van der Waals surface area contributed by atoms with E-state index in [1.165, 1.54) is 6.07 Å². The molecule has 1 aromatic heterocycles. The highest BCUT2D eigenvalue weighted by molar-refractivity contribution is 6.03. The van der Waals surface area contributed by atoms with Crippen LogP contribution >= 0.6 is 0 Å². The molecule has 0 spiro atoms. The number of rotatable bonds is 3. The lowest BCUT2D eigenvalue weighted by atomic mass is 10.2. The van der Waals surface area contributed by atoms with Gasteiger partial charge in [0.05, 0.1) is 10.6 Å². The van der Waals surface area contributed by atoms with Gasteiger partial charge in [0, 0.05) is 12.1 Å². The van der Waals surface area contributed by atoms with Crippen LogP contribution in [0.5, 0.6) is 5.75 Å². The fourth-order valence-electron chi connectivity index (χ4n) is 1.48. The van der Waals surface area contributed by atoms with Crippen LogP contribution in [0.3, 0.4) is 0 Å². The van der Waals surface area contributed by atoms with Crippen LogP contribution in [0.1, 0.15) is 16.3 Å². The molecule has 7 heteroatoms. The maximum atomic E-state index is 11.8. The zero-order valence-electron chi connectivity index (χ0n) is 9.91. The van der Waals surface area contributed by atoms with Crippen molar-refractivity contribution in [2.45, 2.75) is 6.92 Å². The highest BCUT2D eigenvalue weighted by Gasteiger charge is 2.15. The summed E-state index contributed by atoms with van der Waals surface area (Å²) in [7, 11) is 0. The lowest BCUT2D eigenvalue weighted by Crippen LogP contribution is -2.11. The third-order valence-electron chi connectivity index (χ3n) is 2.40. The zero-order chi connectivity index (χ0) is 14.0. The van der Waals surface area contributed by atoms with Gasteiger partial charge in [-0.05, 0) is 25.1 Å². The number of furan rings is 1. The SMILES string of the molecule is Cc1ccc(C(=O)Nc2cc([N+](=O)[O-])ccc2O)o1. The maximum Gasteiger partial charge on any atom is 0.291 e. The molecule has 0 radical (unpaired) electrons. The average molecular weight is 262 g/mol. The van der Waals surface area contributed by atoms with Crippen molar-refractivity contribution in [3.8, 4) is 5.75 Å². The van der Waals surface area contributed by atoms with E-state index >= 15 is 0 Å². The smallest absolute Gasteiger partial charge is 0.291 e. The molecule has 2 aromatic rings. The third-order valence-corrected chi connectivity index (χ3v) is 2.40. The number of phenols is 1. The van der Waals surface area contributed by atoms with Gasteiger partial charge in [0.15, 0.2) is 5.76 Å². The van der Waals surface area contributed by atoms with Crippen molar-refractivity contribution in [3.63, 3.8) is 0 Å². The molecule has 0 aliphatic carbocycles. The number of nitrogens with zero attached hydrogens (tertiary/aromatic N) is 1. The van der Waals surface area contributed by atoms with E-state index in [1.807, 2.05) is 0 Å². The average Bonchev–Trinajstić information content (AvgIpc) is 2.78. The summed E-state index contributed by atoms with van der Waals surface area (Å²) in [5.74, 6) is -0.233. The topological polar surface area (TPSA) is 106 Å². The summed E-state index contributed by atoms with van der Waals surface area (Å²) in [4.78, 5) is 21.8. The minimum Gasteiger partial charge on any atom is -0.506 e. The minimum atomic E-state index is -0.619. The summed E-state index contributed by atoms with van der Waals surface area (Å²) in [5.41, 5.74) is -0.281. The highest BCUT2D eigenvalue weighted by Crippen LogP contribution is 2.28. The molecule has 0 atom stereocenters. The van der Waals surface area contributed by atoms with Crippen molar-refractivity contribution in [3.05, 3.63) is 52.0 Å². The number of phenolic OH excluding ortho intramolecular Hbond substituents is 1. The fraction of sp³-hybridized carbons (Fsp3) is 0.0833. The first-order valence-corrected chi connectivity index (χ1v) is 5.32. The predicted molar refractivity (Wildman–Crippen MR) is 66.2 cm³/mol. The Labute approximate surface area is 107 Å². The van der Waals surface area contributed by atoms with E-state index in [9.17, 15) is 20.0 Å². The molecule has 0 saturated carbocycles. The number of non-ortho nitro benzene ring substituents is 1. The van der Waals surface area contributed by atoms with Crippen LogP contribution in [0.15, 0.2) is 34.7 Å². The van der Waals surface area contributed by atoms with Gasteiger partial charge in [-0.25, -0.2) is 0 Å². The van der Waals surface area contributed by atoms with E-state index in [0.717, 1.165) is 18.2 Å². The van der Waals surface area contributed by atoms with Gasteiger partial charge in [0.1, 0.15) is 11.5 Å². The molecule has 0 fully saturated rings. The Bertz CT molecular complexity index is 647. The van der Waals surface area contributed by atoms with Gasteiger partial charge < -0.3 is 14.8 Å². The van der Waals surface area contributed by atoms with Gasteiger partial charge in [0.2, 0.25) is 0 Å². The number of anilines is 1. The monoisotopic (exact) mass is 262 g/mol. The number of nitrogens with one attached hydrogen (secondary N) is 1. The lowest BCUT2D eigenvalue weighted by Gasteiger charge is -2.05. The maximum absolute atomic E-state index is 11.8. The van der Waals surface area contributed by atoms with E-state index in [1.54, 1.807) is 13.0 Å². The summed E-state index contributed by atoms with van der Waals surface area (Å²) in [6.45, 7) is 1.68. The van der Waals surface area contributed by atoms with Crippen molar-refractivity contribution >= 4 is 17.3 Å². The van der Waals surface area contributed by atoms with Crippen LogP contribution in [0, 0.1) is 17.0 Å². The minimum absolute atomic E-state index is 0.0479. The molecule has 0 saturated heterocycles. The summed E-state index contributed by atoms with van der Waals surface area (Å²) >= 11 is 0. The first kappa shape index (κ1) is 12.6. The van der Waals surface area contributed by atoms with Gasteiger partial charge in [-0.1, -0.05) is 0 Å². The van der Waals surface area contributed by atoms with Crippen molar-refractivity contribution in [1.82, 2.24) is 0 Å². The standard InChI is InChI=1S/C12H10N2O5/c1-7-2-5-11(19-7)12(16)13-9-6-8(14(17)18)3-4-10(9)15/h2-6,15H,1H3,(H,13,16). The number of aromatic hydroxyl groups is 1. The zero-order valence-corrected chi connectivity index (χ0v) is 9.91. The molecular formula is C12H10N2O5. The number of nitro benzene ring substituents is 1. The second kappa shape index (κ2) is 4.81. The number of amides is 1. The second-order valence-corrected chi connectivity index (χ2v) is 3.82. The van der Waals surface area contributed by atoms with Crippen molar-refractivity contribution in [2.75, 3.05) is 5.32 Å². The Morgan fingerprint density at radius 2 is 2.11 bits per heavy atom. The van der Waals surface area contributed by atoms with Gasteiger partial charge in [0.25, 0.3) is 11.6 Å². The molecular weight excluding hydrogens is 252 g/mol. The first-order valence-electron chi connectivity index (χ1n) is 5.32. The molecule has 0 bridgehead atoms. The number of carbonyl (C=O) groups is 1. The molecule has 19 heavy (non-hydrogen) atoms. The summed E-state index contributed by atoms with van der Waals surface area (Å²) in [5, 5.41) is 22.5. The Balaban J connectivity index is 2.25. The van der Waals surface area contributed by atoms with Gasteiger partial charge in [-0.2, -0.15) is 0 Å². The summed E-state index contributed by atoms with van der Waals surface area (Å²) in [6.07, 6.45) is 0. The Morgan fingerprint density at radius 3 is 2.68 bits per heavy atom. The molecule has 0 unspecified atom stereocenters. The Kier molecular flexibility index (Phi) is 3.19. The third kappa shape index (κ3) is 2.71.